The molecule has 1 aromatic carbocycles. The Morgan fingerprint density at radius 1 is 0.967 bits per heavy atom. The van der Waals surface area contributed by atoms with E-state index in [0.717, 1.165) is 26.1 Å². The molecule has 4 heterocycles. The second kappa shape index (κ2) is 7.97. The molecule has 2 atom stereocenters. The van der Waals surface area contributed by atoms with Gasteiger partial charge in [-0.2, -0.15) is 0 Å². The summed E-state index contributed by atoms with van der Waals surface area (Å²) in [6, 6.07) is 9.46. The predicted octanol–water partition coefficient (Wildman–Crippen LogP) is 5.15. The highest BCUT2D eigenvalue weighted by Crippen LogP contribution is 2.43. The minimum atomic E-state index is -0.456. The number of piperidine rings is 2. The van der Waals surface area contributed by atoms with Crippen molar-refractivity contribution in [2.24, 2.45) is 11.3 Å². The van der Waals surface area contributed by atoms with E-state index in [-0.39, 0.29) is 11.5 Å². The van der Waals surface area contributed by atoms with Crippen molar-refractivity contribution in [1.82, 2.24) is 4.90 Å². The van der Waals surface area contributed by atoms with Crippen LogP contribution >= 0.6 is 0 Å². The first-order chi connectivity index (χ1) is 14.1. The molecule has 1 amide bonds. The molecule has 0 N–H and O–H groups in total. The third-order valence-corrected chi connectivity index (χ3v) is 6.97. The van der Waals surface area contributed by atoms with Gasteiger partial charge in [0, 0.05) is 44.1 Å². The minimum absolute atomic E-state index is 0.158. The summed E-state index contributed by atoms with van der Waals surface area (Å²) in [5.74, 6) is 0.466. The Morgan fingerprint density at radius 2 is 1.60 bits per heavy atom. The van der Waals surface area contributed by atoms with Crippen molar-refractivity contribution in [2.45, 2.75) is 71.9 Å². The number of carbonyl (C=O) groups excluding carboxylic acids is 1. The fraction of sp³-hybridized carbons (Fsp3) is 0.720. The van der Waals surface area contributed by atoms with Gasteiger partial charge in [0.05, 0.1) is 6.04 Å². The highest BCUT2D eigenvalue weighted by molar-refractivity contribution is 5.69. The van der Waals surface area contributed by atoms with Gasteiger partial charge in [-0.3, -0.25) is 0 Å². The summed E-state index contributed by atoms with van der Waals surface area (Å²) in [4.78, 5) is 19.9. The van der Waals surface area contributed by atoms with Crippen molar-refractivity contribution in [2.75, 3.05) is 42.5 Å². The average Bonchev–Trinajstić information content (AvgIpc) is 2.95. The maximum Gasteiger partial charge on any atom is 0.410 e. The molecule has 0 aromatic heterocycles. The monoisotopic (exact) mass is 413 g/mol. The van der Waals surface area contributed by atoms with E-state index >= 15 is 0 Å². The molecule has 0 unspecified atom stereocenters. The molecule has 0 radical (unpaired) electrons. The highest BCUT2D eigenvalue weighted by Gasteiger charge is 2.47. The van der Waals surface area contributed by atoms with E-state index in [0.29, 0.717) is 12.0 Å². The SMILES string of the molecule is CC(C)(C)OC(=O)N1C[C@@H]2CN(c3ccc(N4CCCCC4)cc3)[C@H](C1)C(C)(C)C2. The normalized spacial score (nSPS) is 26.5. The number of amides is 1. The molecule has 30 heavy (non-hydrogen) atoms. The number of anilines is 2. The summed E-state index contributed by atoms with van der Waals surface area (Å²) in [6.07, 6.45) is 4.93. The average molecular weight is 414 g/mol. The van der Waals surface area contributed by atoms with Gasteiger partial charge in [-0.1, -0.05) is 13.8 Å². The standard InChI is InChI=1S/C25H39N3O2/c1-24(2,3)30-23(29)27-16-19-15-25(4,5)22(18-27)28(17-19)21-11-9-20(10-12-21)26-13-7-6-8-14-26/h9-12,19,22H,6-8,13-18H2,1-5H3/t19-,22-/m1/s1. The number of nitrogens with zero attached hydrogens (tertiary/aromatic N) is 3. The number of benzene rings is 1. The molecular formula is C25H39N3O2. The molecule has 4 aliphatic rings. The van der Waals surface area contributed by atoms with Gasteiger partial charge in [0.2, 0.25) is 0 Å². The van der Waals surface area contributed by atoms with Gasteiger partial charge in [-0.05, 0) is 82.1 Å². The highest BCUT2D eigenvalue weighted by atomic mass is 16.6. The van der Waals surface area contributed by atoms with Gasteiger partial charge in [0.15, 0.2) is 0 Å². The zero-order valence-electron chi connectivity index (χ0n) is 19.5. The maximum atomic E-state index is 12.8. The van der Waals surface area contributed by atoms with Crippen molar-refractivity contribution >= 4 is 17.5 Å². The molecule has 0 aliphatic carbocycles. The van der Waals surface area contributed by atoms with Crippen LogP contribution in [0, 0.1) is 11.3 Å². The van der Waals surface area contributed by atoms with Crippen LogP contribution in [0.25, 0.3) is 0 Å². The lowest BCUT2D eigenvalue weighted by Crippen LogP contribution is -2.54. The molecule has 0 spiro atoms. The third-order valence-electron chi connectivity index (χ3n) is 6.97. The number of rotatable bonds is 2. The van der Waals surface area contributed by atoms with Gasteiger partial charge < -0.3 is 19.4 Å². The lowest BCUT2D eigenvalue weighted by Gasteiger charge is -2.48. The molecule has 2 bridgehead atoms. The molecule has 4 aliphatic heterocycles. The first-order valence-corrected chi connectivity index (χ1v) is 11.7. The zero-order chi connectivity index (χ0) is 21.5. The second-order valence-corrected chi connectivity index (χ2v) is 11.2. The van der Waals surface area contributed by atoms with Crippen molar-refractivity contribution in [3.05, 3.63) is 24.3 Å². The van der Waals surface area contributed by atoms with Gasteiger partial charge in [0.25, 0.3) is 0 Å². The predicted molar refractivity (Wildman–Crippen MR) is 123 cm³/mol. The molecular weight excluding hydrogens is 374 g/mol. The summed E-state index contributed by atoms with van der Waals surface area (Å²) >= 11 is 0. The first-order valence-electron chi connectivity index (χ1n) is 11.7. The molecule has 5 rings (SSSR count). The Bertz CT molecular complexity index is 747. The van der Waals surface area contributed by atoms with Gasteiger partial charge in [0.1, 0.15) is 5.60 Å². The third kappa shape index (κ3) is 4.55. The zero-order valence-corrected chi connectivity index (χ0v) is 19.5. The van der Waals surface area contributed by atoms with Crippen molar-refractivity contribution in [3.63, 3.8) is 0 Å². The number of ether oxygens (including phenoxy) is 1. The van der Waals surface area contributed by atoms with Gasteiger partial charge in [-0.25, -0.2) is 4.79 Å². The second-order valence-electron chi connectivity index (χ2n) is 11.2. The molecule has 166 valence electrons. The lowest BCUT2D eigenvalue weighted by molar-refractivity contribution is 0.0240. The summed E-state index contributed by atoms with van der Waals surface area (Å²) in [6.45, 7) is 15.4. The van der Waals surface area contributed by atoms with Crippen LogP contribution in [0.4, 0.5) is 16.2 Å². The van der Waals surface area contributed by atoms with Crippen LogP contribution in [0.15, 0.2) is 24.3 Å². The summed E-state index contributed by atoms with van der Waals surface area (Å²) in [7, 11) is 0. The maximum absolute atomic E-state index is 12.8. The van der Waals surface area contributed by atoms with Crippen LogP contribution in [-0.4, -0.2) is 55.4 Å². The molecule has 0 saturated carbocycles. The van der Waals surface area contributed by atoms with E-state index in [1.807, 2.05) is 25.7 Å². The number of hydrogen-bond donors (Lipinski definition) is 0. The molecule has 5 nitrogen and oxygen atoms in total. The van der Waals surface area contributed by atoms with Crippen LogP contribution in [0.2, 0.25) is 0 Å². The van der Waals surface area contributed by atoms with E-state index in [4.69, 9.17) is 4.74 Å². The summed E-state index contributed by atoms with van der Waals surface area (Å²) < 4.78 is 5.71. The van der Waals surface area contributed by atoms with E-state index in [1.54, 1.807) is 0 Å². The van der Waals surface area contributed by atoms with E-state index in [1.165, 1.54) is 43.7 Å². The summed E-state index contributed by atoms with van der Waals surface area (Å²) in [5, 5.41) is 0. The van der Waals surface area contributed by atoms with Gasteiger partial charge >= 0.3 is 6.09 Å². The number of hydrogen-bond acceptors (Lipinski definition) is 4. The van der Waals surface area contributed by atoms with E-state index < -0.39 is 5.60 Å². The largest absolute Gasteiger partial charge is 0.444 e. The Hall–Kier alpha value is -1.91. The topological polar surface area (TPSA) is 36.0 Å². The van der Waals surface area contributed by atoms with Crippen LogP contribution in [0.5, 0.6) is 0 Å². The first kappa shape index (κ1) is 21.3. The Morgan fingerprint density at radius 3 is 2.23 bits per heavy atom. The van der Waals surface area contributed by atoms with E-state index in [2.05, 4.69) is 47.9 Å². The van der Waals surface area contributed by atoms with Crippen LogP contribution < -0.4 is 9.80 Å². The Kier molecular flexibility index (Phi) is 5.67. The van der Waals surface area contributed by atoms with Crippen molar-refractivity contribution < 1.29 is 9.53 Å². The van der Waals surface area contributed by atoms with Crippen molar-refractivity contribution in [3.8, 4) is 0 Å². The summed E-state index contributed by atoms with van der Waals surface area (Å²) in [5.41, 5.74) is 2.32. The van der Waals surface area contributed by atoms with Crippen LogP contribution in [0.1, 0.15) is 60.3 Å². The quantitative estimate of drug-likeness (QED) is 0.672. The van der Waals surface area contributed by atoms with Crippen molar-refractivity contribution in [1.29, 1.82) is 0 Å². The molecule has 5 heteroatoms. The Labute approximate surface area is 182 Å². The molecule has 4 fully saturated rings. The smallest absolute Gasteiger partial charge is 0.410 e. The van der Waals surface area contributed by atoms with E-state index in [9.17, 15) is 4.79 Å². The van der Waals surface area contributed by atoms with Crippen LogP contribution in [-0.2, 0) is 4.74 Å². The number of carbonyl (C=O) groups is 1. The molecule has 1 aromatic rings. The Balaban J connectivity index is 1.53. The van der Waals surface area contributed by atoms with Crippen LogP contribution in [0.3, 0.4) is 0 Å². The minimum Gasteiger partial charge on any atom is -0.444 e. The fourth-order valence-corrected chi connectivity index (χ4v) is 5.60. The number of fused-ring (bicyclic) bond motifs is 4. The van der Waals surface area contributed by atoms with Gasteiger partial charge in [-0.15, -0.1) is 0 Å². The lowest BCUT2D eigenvalue weighted by atomic mass is 9.73. The molecule has 4 saturated heterocycles. The fourth-order valence-electron chi connectivity index (χ4n) is 5.60.